The van der Waals surface area contributed by atoms with Crippen molar-refractivity contribution in [2.24, 2.45) is 18.9 Å². The minimum atomic E-state index is -3.09. The van der Waals surface area contributed by atoms with Crippen LogP contribution in [0.3, 0.4) is 0 Å². The van der Waals surface area contributed by atoms with E-state index < -0.39 is 24.1 Å². The molecule has 2 aromatic heterocycles. The third kappa shape index (κ3) is 4.63. The predicted molar refractivity (Wildman–Crippen MR) is 145 cm³/mol. The van der Waals surface area contributed by atoms with Gasteiger partial charge in [0.1, 0.15) is 5.02 Å². The van der Waals surface area contributed by atoms with E-state index in [9.17, 15) is 13.6 Å². The van der Waals surface area contributed by atoms with Crippen molar-refractivity contribution in [1.29, 1.82) is 0 Å². The lowest BCUT2D eigenvalue weighted by Gasteiger charge is -2.25. The number of ether oxygens (including phenoxy) is 1. The first kappa shape index (κ1) is 25.2. The molecule has 0 amide bonds. The highest BCUT2D eigenvalue weighted by Crippen LogP contribution is 2.45. The number of alkyl halides is 2. The van der Waals surface area contributed by atoms with Crippen LogP contribution in [0.1, 0.15) is 39.0 Å². The van der Waals surface area contributed by atoms with Crippen molar-refractivity contribution in [1.82, 2.24) is 14.5 Å². The molecule has 3 aromatic rings. The third-order valence-corrected chi connectivity index (χ3v) is 8.18. The van der Waals surface area contributed by atoms with Crippen LogP contribution in [0, 0.1) is 11.8 Å². The largest absolute Gasteiger partial charge is 0.480 e. The molecule has 38 heavy (non-hydrogen) atoms. The van der Waals surface area contributed by atoms with Gasteiger partial charge in [-0.2, -0.15) is 4.98 Å². The number of nitrogens with zero attached hydrogens (tertiary/aromatic N) is 4. The second-order valence-electron chi connectivity index (χ2n) is 10.8. The maximum Gasteiger partial charge on any atom is 0.301 e. The van der Waals surface area contributed by atoms with Gasteiger partial charge in [-0.15, -0.1) is 0 Å². The Balaban J connectivity index is 1.37. The van der Waals surface area contributed by atoms with Crippen LogP contribution < -0.4 is 25.8 Å². The van der Waals surface area contributed by atoms with Gasteiger partial charge in [-0.3, -0.25) is 4.79 Å². The van der Waals surface area contributed by atoms with Gasteiger partial charge in [-0.05, 0) is 62.1 Å². The van der Waals surface area contributed by atoms with Crippen molar-refractivity contribution in [3.05, 3.63) is 39.8 Å². The lowest BCUT2D eigenvalue weighted by molar-refractivity contribution is -0.0579. The highest BCUT2D eigenvalue weighted by Gasteiger charge is 2.51. The Morgan fingerprint density at radius 1 is 1.21 bits per heavy atom. The smallest absolute Gasteiger partial charge is 0.301 e. The van der Waals surface area contributed by atoms with E-state index in [1.807, 2.05) is 12.1 Å². The van der Waals surface area contributed by atoms with Gasteiger partial charge in [0, 0.05) is 31.2 Å². The Bertz CT molecular complexity index is 1440. The highest BCUT2D eigenvalue weighted by atomic mass is 35.5. The van der Waals surface area contributed by atoms with Gasteiger partial charge in [0.15, 0.2) is 12.4 Å². The molecule has 1 aromatic carbocycles. The highest BCUT2D eigenvalue weighted by molar-refractivity contribution is 6.32. The quantitative estimate of drug-likeness (QED) is 0.444. The van der Waals surface area contributed by atoms with E-state index >= 15 is 0 Å². The molecule has 1 saturated carbocycles. The van der Waals surface area contributed by atoms with Gasteiger partial charge in [0.2, 0.25) is 11.7 Å². The summed E-state index contributed by atoms with van der Waals surface area (Å²) in [4.78, 5) is 24.4. The molecule has 6 rings (SSSR count). The van der Waals surface area contributed by atoms with E-state index in [2.05, 4.69) is 27.4 Å². The fraction of sp³-hybridized carbons (Fsp3) is 0.519. The van der Waals surface area contributed by atoms with Crippen molar-refractivity contribution in [3.63, 3.8) is 0 Å². The first-order valence-corrected chi connectivity index (χ1v) is 13.6. The molecule has 8 nitrogen and oxygen atoms in total. The van der Waals surface area contributed by atoms with E-state index in [1.54, 1.807) is 19.3 Å². The van der Waals surface area contributed by atoms with E-state index in [-0.39, 0.29) is 11.7 Å². The summed E-state index contributed by atoms with van der Waals surface area (Å²) < 4.78 is 36.7. The standard InChI is InChI=1S/C27H31ClF2N6O2/c1-15-4-3-10-36(11-9-15)26-31-13-19(28)24(34-26)32-17-7-8-20-18(12-17)21-22(25(37)35(20)2)38-14-27(29,30)23(33-21)16-5-6-16/h7-8,12-13,15-16,23,33H,3-6,9-11,14H2,1-2H3,(H,31,32,34). The normalized spacial score (nSPS) is 23.1. The topological polar surface area (TPSA) is 84.3 Å². The number of rotatable bonds is 4. The van der Waals surface area contributed by atoms with E-state index in [0.29, 0.717) is 45.0 Å². The number of anilines is 4. The number of nitrogens with one attached hydrogen (secondary N) is 2. The summed E-state index contributed by atoms with van der Waals surface area (Å²) in [5.74, 6) is -1.59. The zero-order valence-electron chi connectivity index (χ0n) is 21.4. The molecule has 2 unspecified atom stereocenters. The molecule has 0 bridgehead atoms. The summed E-state index contributed by atoms with van der Waals surface area (Å²) in [5, 5.41) is 7.25. The summed E-state index contributed by atoms with van der Waals surface area (Å²) >= 11 is 6.47. The Labute approximate surface area is 224 Å². The lowest BCUT2D eigenvalue weighted by atomic mass is 10.0. The number of benzene rings is 1. The van der Waals surface area contributed by atoms with Crippen LogP contribution in [0.4, 0.5) is 31.9 Å². The zero-order chi connectivity index (χ0) is 26.6. The summed E-state index contributed by atoms with van der Waals surface area (Å²) in [6, 6.07) is 4.31. The summed E-state index contributed by atoms with van der Waals surface area (Å²) in [6.07, 6.45) is 6.39. The van der Waals surface area contributed by atoms with Gasteiger partial charge in [0.25, 0.3) is 5.56 Å². The van der Waals surface area contributed by atoms with Crippen LogP contribution in [-0.4, -0.2) is 46.2 Å². The third-order valence-electron chi connectivity index (χ3n) is 7.90. The number of pyridine rings is 1. The first-order valence-electron chi connectivity index (χ1n) is 13.2. The zero-order valence-corrected chi connectivity index (χ0v) is 22.2. The monoisotopic (exact) mass is 544 g/mol. The van der Waals surface area contributed by atoms with E-state index in [1.165, 1.54) is 11.0 Å². The predicted octanol–water partition coefficient (Wildman–Crippen LogP) is 5.57. The second kappa shape index (κ2) is 9.55. The van der Waals surface area contributed by atoms with Crippen LogP contribution in [0.25, 0.3) is 10.9 Å². The molecule has 11 heteroatoms. The second-order valence-corrected chi connectivity index (χ2v) is 11.2. The SMILES string of the molecule is CC1CCCN(c2ncc(Cl)c(Nc3ccc4c(c3)c3c(c(=O)n4C)OCC(F)(F)C(C4CC4)N3)n2)CC1. The van der Waals surface area contributed by atoms with Gasteiger partial charge >= 0.3 is 5.92 Å². The van der Waals surface area contributed by atoms with Crippen molar-refractivity contribution in [2.45, 2.75) is 51.0 Å². The Kier molecular flexibility index (Phi) is 6.32. The molecule has 2 aliphatic heterocycles. The molecule has 2 N–H and O–H groups in total. The fourth-order valence-corrected chi connectivity index (χ4v) is 5.62. The van der Waals surface area contributed by atoms with Gasteiger partial charge < -0.3 is 24.8 Å². The Morgan fingerprint density at radius 3 is 2.82 bits per heavy atom. The molecule has 3 aliphatic rings. The molecule has 202 valence electrons. The molecule has 0 spiro atoms. The van der Waals surface area contributed by atoms with Crippen LogP contribution in [0.2, 0.25) is 5.02 Å². The summed E-state index contributed by atoms with van der Waals surface area (Å²) in [7, 11) is 1.61. The number of aryl methyl sites for hydroxylation is 1. The summed E-state index contributed by atoms with van der Waals surface area (Å²) in [5.41, 5.74) is 1.09. The molecule has 4 heterocycles. The van der Waals surface area contributed by atoms with Crippen molar-refractivity contribution < 1.29 is 13.5 Å². The molecule has 2 fully saturated rings. The first-order chi connectivity index (χ1) is 18.2. The van der Waals surface area contributed by atoms with Crippen molar-refractivity contribution >= 4 is 45.6 Å². The van der Waals surface area contributed by atoms with E-state index in [0.717, 1.165) is 38.8 Å². The number of aromatic nitrogens is 3. The lowest BCUT2D eigenvalue weighted by Crippen LogP contribution is -2.44. The van der Waals surface area contributed by atoms with Crippen LogP contribution in [-0.2, 0) is 7.05 Å². The van der Waals surface area contributed by atoms with Crippen LogP contribution >= 0.6 is 11.6 Å². The molecule has 1 aliphatic carbocycles. The molecular weight excluding hydrogens is 514 g/mol. The minimum Gasteiger partial charge on any atom is -0.480 e. The summed E-state index contributed by atoms with van der Waals surface area (Å²) in [6.45, 7) is 3.21. The average Bonchev–Trinajstić information content (AvgIpc) is 3.74. The van der Waals surface area contributed by atoms with Crippen molar-refractivity contribution in [3.8, 4) is 5.75 Å². The maximum absolute atomic E-state index is 14.9. The number of halogens is 3. The molecule has 2 atom stereocenters. The van der Waals surface area contributed by atoms with Crippen molar-refractivity contribution in [2.75, 3.05) is 35.2 Å². The average molecular weight is 545 g/mol. The van der Waals surface area contributed by atoms with Gasteiger partial charge in [-0.25, -0.2) is 13.8 Å². The number of hydrogen-bond acceptors (Lipinski definition) is 7. The van der Waals surface area contributed by atoms with Gasteiger partial charge in [-0.1, -0.05) is 18.5 Å². The molecule has 0 radical (unpaired) electrons. The minimum absolute atomic E-state index is 0.0854. The van der Waals surface area contributed by atoms with Crippen LogP contribution in [0.5, 0.6) is 5.75 Å². The Morgan fingerprint density at radius 2 is 2.03 bits per heavy atom. The van der Waals surface area contributed by atoms with E-state index in [4.69, 9.17) is 21.3 Å². The van der Waals surface area contributed by atoms with Crippen LogP contribution in [0.15, 0.2) is 29.2 Å². The number of fused-ring (bicyclic) bond motifs is 3. The van der Waals surface area contributed by atoms with Gasteiger partial charge in [0.05, 0.1) is 23.4 Å². The molecular formula is C27H31ClF2N6O2. The Hall–Kier alpha value is -3.14. The fourth-order valence-electron chi connectivity index (χ4n) is 5.48. The number of hydrogen-bond donors (Lipinski definition) is 2. The maximum atomic E-state index is 14.9. The molecule has 1 saturated heterocycles.